The molecule has 12 heteroatoms. The van der Waals surface area contributed by atoms with Crippen molar-refractivity contribution >= 4 is 0 Å². The van der Waals surface area contributed by atoms with Gasteiger partial charge < -0.3 is 56.3 Å². The van der Waals surface area contributed by atoms with Crippen LogP contribution >= 0.6 is 0 Å². The maximum Gasteiger partial charge on any atom is 0.292 e. The van der Waals surface area contributed by atoms with Crippen molar-refractivity contribution in [2.24, 2.45) is 0 Å². The second-order valence-corrected chi connectivity index (χ2v) is 6.63. The van der Waals surface area contributed by atoms with E-state index in [9.17, 15) is 56.3 Å². The molecule has 0 saturated carbocycles. The van der Waals surface area contributed by atoms with Gasteiger partial charge in [-0.05, 0) is 23.3 Å². The molecule has 2 unspecified atom stereocenters. The van der Waals surface area contributed by atoms with Crippen LogP contribution in [0, 0.1) is 0 Å². The van der Waals surface area contributed by atoms with Gasteiger partial charge in [-0.15, -0.1) is 0 Å². The monoisotopic (exact) mass is 389 g/mol. The van der Waals surface area contributed by atoms with Crippen molar-refractivity contribution in [3.05, 3.63) is 41.0 Å². The number of aliphatic hydroxyl groups excluding tert-OH is 2. The van der Waals surface area contributed by atoms with Crippen molar-refractivity contribution < 1.29 is 56.3 Å². The minimum atomic E-state index is -4.03. The molecule has 27 heavy (non-hydrogen) atoms. The molecule has 1 aliphatic carbocycles. The predicted molar refractivity (Wildman–Crippen MR) is 80.8 cm³/mol. The van der Waals surface area contributed by atoms with Gasteiger partial charge in [-0.1, -0.05) is 17.2 Å². The number of hydrogen-bond acceptors (Lipinski definition) is 12. The summed E-state index contributed by atoms with van der Waals surface area (Å²) in [5, 5.41) is 109. The van der Waals surface area contributed by atoms with Gasteiger partial charge in [0.05, 0.1) is 11.7 Å². The van der Waals surface area contributed by atoms with Gasteiger partial charge >= 0.3 is 0 Å². The summed E-state index contributed by atoms with van der Waals surface area (Å²) in [5.74, 6) is -11.6. The van der Waals surface area contributed by atoms with Crippen molar-refractivity contribution in [3.8, 4) is 5.75 Å². The Hall–Kier alpha value is -1.68. The Bertz CT molecular complexity index is 787. The molecular formula is C15H19NO11. The molecule has 3 atom stereocenters. The van der Waals surface area contributed by atoms with E-state index in [1.54, 1.807) is 0 Å². The Balaban J connectivity index is 2.13. The highest BCUT2D eigenvalue weighted by atomic mass is 16.7. The second kappa shape index (κ2) is 5.66. The van der Waals surface area contributed by atoms with Gasteiger partial charge in [0.1, 0.15) is 11.9 Å². The van der Waals surface area contributed by atoms with Crippen LogP contribution in [0.3, 0.4) is 0 Å². The Morgan fingerprint density at radius 3 is 2.00 bits per heavy atom. The number of phenols is 1. The smallest absolute Gasteiger partial charge is 0.292 e. The molecule has 0 amide bonds. The molecule has 0 bridgehead atoms. The van der Waals surface area contributed by atoms with Crippen LogP contribution in [0.15, 0.2) is 35.4 Å². The fourth-order valence-electron chi connectivity index (χ4n) is 3.58. The van der Waals surface area contributed by atoms with E-state index in [1.165, 1.54) is 24.3 Å². The molecule has 12 nitrogen and oxygen atoms in total. The van der Waals surface area contributed by atoms with Gasteiger partial charge in [0.2, 0.25) is 11.4 Å². The number of rotatable bonds is 3. The predicted octanol–water partition coefficient (Wildman–Crippen LogP) is -4.12. The van der Waals surface area contributed by atoms with Gasteiger partial charge in [-0.25, -0.2) is 0 Å². The van der Waals surface area contributed by atoms with Crippen LogP contribution in [0.25, 0.3) is 0 Å². The Kier molecular flexibility index (Phi) is 4.21. The van der Waals surface area contributed by atoms with E-state index in [2.05, 4.69) is 0 Å². The molecule has 0 radical (unpaired) electrons. The van der Waals surface area contributed by atoms with E-state index in [-0.39, 0.29) is 11.3 Å². The van der Waals surface area contributed by atoms with Crippen LogP contribution in [-0.2, 0) is 0 Å². The Labute approximate surface area is 150 Å². The molecule has 1 fully saturated rings. The molecular weight excluding hydrogens is 370 g/mol. The minimum Gasteiger partial charge on any atom is -0.508 e. The van der Waals surface area contributed by atoms with Gasteiger partial charge in [-0.2, -0.15) is 0 Å². The topological polar surface area (TPSA) is 226 Å². The summed E-state index contributed by atoms with van der Waals surface area (Å²) in [6.45, 7) is 0. The Morgan fingerprint density at radius 2 is 1.48 bits per heavy atom. The maximum atomic E-state index is 10.5. The van der Waals surface area contributed by atoms with Crippen molar-refractivity contribution in [3.63, 3.8) is 0 Å². The zero-order valence-electron chi connectivity index (χ0n) is 13.5. The van der Waals surface area contributed by atoms with Crippen molar-refractivity contribution in [1.82, 2.24) is 5.06 Å². The fraction of sp³-hybridized carbons (Fsp3) is 0.467. The molecule has 2 aliphatic rings. The molecule has 1 saturated heterocycles. The summed E-state index contributed by atoms with van der Waals surface area (Å²) in [5.41, 5.74) is -5.68. The molecule has 1 aromatic rings. The molecule has 11 N–H and O–H groups in total. The molecule has 0 spiro atoms. The lowest BCUT2D eigenvalue weighted by atomic mass is 9.88. The van der Waals surface area contributed by atoms with E-state index in [4.69, 9.17) is 0 Å². The summed E-state index contributed by atoms with van der Waals surface area (Å²) in [7, 11) is 0. The first-order chi connectivity index (χ1) is 12.2. The number of aromatic hydroxyl groups is 1. The van der Waals surface area contributed by atoms with E-state index in [0.717, 1.165) is 0 Å². The third-order valence-electron chi connectivity index (χ3n) is 5.03. The van der Waals surface area contributed by atoms with Crippen LogP contribution in [-0.4, -0.2) is 90.6 Å². The number of benzene rings is 1. The zero-order valence-corrected chi connectivity index (χ0v) is 13.5. The first-order valence-electron chi connectivity index (χ1n) is 7.65. The zero-order chi connectivity index (χ0) is 20.6. The van der Waals surface area contributed by atoms with Gasteiger partial charge in [0.15, 0.2) is 0 Å². The Morgan fingerprint density at radius 1 is 0.963 bits per heavy atom. The summed E-state index contributed by atoms with van der Waals surface area (Å²) in [6.07, 6.45) is -4.74. The third-order valence-corrected chi connectivity index (χ3v) is 5.03. The number of phenolic OH excluding ortho intramolecular Hbond substituents is 1. The molecule has 1 heterocycles. The van der Waals surface area contributed by atoms with Crippen molar-refractivity contribution in [2.75, 3.05) is 0 Å². The normalized spacial score (nSPS) is 32.6. The minimum absolute atomic E-state index is 0.116. The van der Waals surface area contributed by atoms with Crippen molar-refractivity contribution in [2.45, 2.75) is 41.8 Å². The fourth-order valence-corrected chi connectivity index (χ4v) is 3.58. The lowest BCUT2D eigenvalue weighted by Crippen LogP contribution is -2.70. The van der Waals surface area contributed by atoms with Crippen LogP contribution in [0.4, 0.5) is 0 Å². The standard InChI is InChI=1S/C15H19NO11/c17-7-3-1-6(2-4-7)9(18)5-8-10-12(20,13(21,22)11(8)19)15(25,26)16(27)14(10,23)24/h1-4,9,11,17-27H,5H2/t9-,11?,12?/m1/s1. The quantitative estimate of drug-likeness (QED) is 0.175. The van der Waals surface area contributed by atoms with Gasteiger partial charge in [-0.3, -0.25) is 0 Å². The summed E-state index contributed by atoms with van der Waals surface area (Å²) >= 11 is 0. The van der Waals surface area contributed by atoms with E-state index >= 15 is 0 Å². The highest BCUT2D eigenvalue weighted by Gasteiger charge is 2.84. The molecule has 1 aliphatic heterocycles. The highest BCUT2D eigenvalue weighted by Crippen LogP contribution is 2.58. The number of aliphatic hydroxyl groups is 9. The van der Waals surface area contributed by atoms with Crippen LogP contribution < -0.4 is 0 Å². The first kappa shape index (κ1) is 20.1. The number of hydrogen-bond donors (Lipinski definition) is 11. The highest BCUT2D eigenvalue weighted by molar-refractivity contribution is 5.49. The van der Waals surface area contributed by atoms with E-state index in [1.807, 2.05) is 0 Å². The summed E-state index contributed by atoms with van der Waals surface area (Å²) in [4.78, 5) is 0. The molecule has 0 aromatic heterocycles. The SMILES string of the molecule is Oc1ccc([C@H](O)CC2=C3C(O)(O)N(O)C(O)(O)C3(O)C(O)(O)C2O)cc1. The van der Waals surface area contributed by atoms with Crippen LogP contribution in [0.2, 0.25) is 0 Å². The van der Waals surface area contributed by atoms with E-state index < -0.39 is 58.0 Å². The third kappa shape index (κ3) is 2.32. The van der Waals surface area contributed by atoms with Crippen LogP contribution in [0.1, 0.15) is 18.1 Å². The molecule has 150 valence electrons. The molecule has 1 aromatic carbocycles. The number of nitrogens with zero attached hydrogens (tertiary/aromatic N) is 1. The average Bonchev–Trinajstić information content (AvgIpc) is 2.80. The van der Waals surface area contributed by atoms with Crippen LogP contribution in [0.5, 0.6) is 5.75 Å². The lowest BCUT2D eigenvalue weighted by molar-refractivity contribution is -0.476. The maximum absolute atomic E-state index is 10.5. The average molecular weight is 389 g/mol. The summed E-state index contributed by atoms with van der Waals surface area (Å²) < 4.78 is 0. The summed E-state index contributed by atoms with van der Waals surface area (Å²) in [6, 6.07) is 5.01. The van der Waals surface area contributed by atoms with Gasteiger partial charge in [0.25, 0.3) is 11.8 Å². The lowest BCUT2D eigenvalue weighted by Gasteiger charge is -2.40. The van der Waals surface area contributed by atoms with Crippen molar-refractivity contribution in [1.29, 1.82) is 0 Å². The van der Waals surface area contributed by atoms with Gasteiger partial charge in [0, 0.05) is 6.42 Å². The number of fused-ring (bicyclic) bond motifs is 1. The van der Waals surface area contributed by atoms with E-state index in [0.29, 0.717) is 0 Å². The molecule has 3 rings (SSSR count). The first-order valence-corrected chi connectivity index (χ1v) is 7.65. The second-order valence-electron chi connectivity index (χ2n) is 6.63. The number of hydroxylamine groups is 2. The largest absolute Gasteiger partial charge is 0.508 e.